The summed E-state index contributed by atoms with van der Waals surface area (Å²) in [6, 6.07) is 56.7. The van der Waals surface area contributed by atoms with Crippen molar-refractivity contribution in [2.45, 2.75) is 23.9 Å². The van der Waals surface area contributed by atoms with Crippen molar-refractivity contribution in [2.75, 3.05) is 56.2 Å². The Morgan fingerprint density at radius 3 is 1.06 bits per heavy atom. The summed E-state index contributed by atoms with van der Waals surface area (Å²) < 4.78 is 5.09. The van der Waals surface area contributed by atoms with Crippen LogP contribution in [0.15, 0.2) is 182 Å². The number of esters is 1. The number of benzene rings is 6. The number of carboxylic acid groups (broad SMARTS) is 1. The van der Waals surface area contributed by atoms with E-state index in [1.165, 1.54) is 12.0 Å². The van der Waals surface area contributed by atoms with Crippen molar-refractivity contribution in [1.82, 2.24) is 9.80 Å². The zero-order valence-corrected chi connectivity index (χ0v) is 36.1. The molecule has 12 nitrogen and oxygen atoms in total. The van der Waals surface area contributed by atoms with Gasteiger partial charge in [-0.3, -0.25) is 9.59 Å². The first kappa shape index (κ1) is 50.0. The van der Waals surface area contributed by atoms with E-state index in [1.54, 1.807) is 4.90 Å². The Morgan fingerprint density at radius 1 is 0.484 bits per heavy atom. The SMILES string of the molecule is COC(=O)[C@@H]1CN(c2ccccc2)CCN1C(=O)C(c1ccccc1)c1ccccc1.O.O=C(O)[C@@H]1CN(c2ccccc2)CCN1C(=O)C(c1ccccc1)c1ccccc1.[Li+].[OH-]. The molecule has 2 atom stereocenters. The summed E-state index contributed by atoms with van der Waals surface area (Å²) >= 11 is 0. The van der Waals surface area contributed by atoms with Gasteiger partial charge in [-0.25, -0.2) is 9.59 Å². The topological polar surface area (TPSA) is 172 Å². The summed E-state index contributed by atoms with van der Waals surface area (Å²) in [6.45, 7) is 2.72. The van der Waals surface area contributed by atoms with E-state index in [4.69, 9.17) is 4.74 Å². The number of methoxy groups -OCH3 is 1. The summed E-state index contributed by atoms with van der Waals surface area (Å²) in [5.74, 6) is -2.64. The predicted octanol–water partition coefficient (Wildman–Crippen LogP) is 3.33. The number of hydrogen-bond acceptors (Lipinski definition) is 8. The zero-order valence-electron chi connectivity index (χ0n) is 36.1. The molecule has 2 fully saturated rings. The molecule has 6 aromatic rings. The van der Waals surface area contributed by atoms with Crippen LogP contribution in [0.1, 0.15) is 34.1 Å². The van der Waals surface area contributed by atoms with Crippen LogP contribution < -0.4 is 28.7 Å². The number of carboxylic acids is 1. The van der Waals surface area contributed by atoms with Gasteiger partial charge < -0.3 is 40.4 Å². The van der Waals surface area contributed by atoms with Crippen molar-refractivity contribution in [3.63, 3.8) is 0 Å². The second-order valence-corrected chi connectivity index (χ2v) is 15.0. The molecule has 0 saturated carbocycles. The molecular weight excluding hydrogens is 804 g/mol. The van der Waals surface area contributed by atoms with Gasteiger partial charge in [0.2, 0.25) is 11.8 Å². The number of hydrogen-bond donors (Lipinski definition) is 1. The molecular formula is C51H53LiN4O8. The molecule has 2 heterocycles. The van der Waals surface area contributed by atoms with E-state index >= 15 is 0 Å². The van der Waals surface area contributed by atoms with Crippen molar-refractivity contribution >= 4 is 35.1 Å². The molecule has 2 saturated heterocycles. The van der Waals surface area contributed by atoms with Crippen LogP contribution in [0.4, 0.5) is 11.4 Å². The number of amides is 2. The molecule has 0 unspecified atom stereocenters. The largest absolute Gasteiger partial charge is 1.00 e. The van der Waals surface area contributed by atoms with Crippen molar-refractivity contribution in [2.24, 2.45) is 0 Å². The molecule has 2 amide bonds. The van der Waals surface area contributed by atoms with E-state index < -0.39 is 35.9 Å². The molecule has 0 spiro atoms. The Hall–Kier alpha value is -6.68. The number of carbonyl (C=O) groups excluding carboxylic acids is 3. The first-order valence-electron chi connectivity index (χ1n) is 20.6. The molecule has 0 aromatic heterocycles. The standard InChI is InChI=1S/C26H26N2O3.C25H24N2O3.Li.2H2O/c1-31-26(30)23-19-27(22-15-9-4-10-16-22)17-18-28(23)25(29)24(20-11-5-2-6-12-20)21-13-7-3-8-14-21;28-24(23(19-10-4-1-5-11-19)20-12-6-2-7-13-20)27-17-16-26(18-22(27)25(29)30)21-14-8-3-9-15-21;;;/h2-16,23-24H,17-19H2,1H3;1-15,22-23H,16-18H2,(H,29,30);;2*1H2/q;;+1;;/p-1/t23-;22-;;;/m00.../s1. The Bertz CT molecular complexity index is 2270. The molecule has 13 heteroatoms. The fraction of sp³-hybridized carbons (Fsp3) is 0.216. The van der Waals surface area contributed by atoms with Gasteiger partial charge in [0.15, 0.2) is 0 Å². The van der Waals surface area contributed by atoms with Crippen LogP contribution in [-0.2, 0) is 23.9 Å². The van der Waals surface area contributed by atoms with Crippen LogP contribution in [0.25, 0.3) is 0 Å². The molecule has 8 rings (SSSR count). The third-order valence-corrected chi connectivity index (χ3v) is 11.4. The molecule has 6 aromatic carbocycles. The average molecular weight is 857 g/mol. The summed E-state index contributed by atoms with van der Waals surface area (Å²) in [4.78, 5) is 59.8. The first-order valence-corrected chi connectivity index (χ1v) is 20.6. The third kappa shape index (κ3) is 11.9. The summed E-state index contributed by atoms with van der Waals surface area (Å²) in [5, 5.41) is 9.92. The van der Waals surface area contributed by atoms with Crippen LogP contribution in [0.2, 0.25) is 0 Å². The van der Waals surface area contributed by atoms with Crippen LogP contribution >= 0.6 is 0 Å². The van der Waals surface area contributed by atoms with Gasteiger partial charge >= 0.3 is 30.8 Å². The molecule has 64 heavy (non-hydrogen) atoms. The molecule has 0 radical (unpaired) electrons. The Balaban J connectivity index is 0.000000268. The van der Waals surface area contributed by atoms with Gasteiger partial charge in [0, 0.05) is 50.6 Å². The summed E-state index contributed by atoms with van der Waals surface area (Å²) in [6.07, 6.45) is 0. The third-order valence-electron chi connectivity index (χ3n) is 11.4. The Kier molecular flexibility index (Phi) is 18.9. The van der Waals surface area contributed by atoms with Crippen molar-refractivity contribution in [3.05, 3.63) is 204 Å². The molecule has 4 N–H and O–H groups in total. The van der Waals surface area contributed by atoms with E-state index in [0.29, 0.717) is 32.7 Å². The van der Waals surface area contributed by atoms with E-state index in [9.17, 15) is 24.3 Å². The monoisotopic (exact) mass is 856 g/mol. The number of carbonyl (C=O) groups is 4. The van der Waals surface area contributed by atoms with E-state index in [-0.39, 0.29) is 48.2 Å². The van der Waals surface area contributed by atoms with Gasteiger partial charge in [0.25, 0.3) is 0 Å². The van der Waals surface area contributed by atoms with Gasteiger partial charge in [-0.2, -0.15) is 0 Å². The van der Waals surface area contributed by atoms with Gasteiger partial charge in [0.05, 0.1) is 18.9 Å². The molecule has 326 valence electrons. The number of para-hydroxylation sites is 2. The maximum Gasteiger partial charge on any atom is 1.00 e. The zero-order chi connectivity index (χ0) is 42.6. The smallest absolute Gasteiger partial charge is 0.870 e. The number of rotatable bonds is 10. The second-order valence-electron chi connectivity index (χ2n) is 15.0. The minimum absolute atomic E-state index is 0. The van der Waals surface area contributed by atoms with E-state index in [2.05, 4.69) is 4.90 Å². The first-order chi connectivity index (χ1) is 29.8. The maximum absolute atomic E-state index is 13.9. The number of aliphatic carboxylic acids is 1. The second kappa shape index (κ2) is 24.2. The van der Waals surface area contributed by atoms with Crippen LogP contribution in [0.3, 0.4) is 0 Å². The van der Waals surface area contributed by atoms with Gasteiger partial charge in [0.1, 0.15) is 12.1 Å². The van der Waals surface area contributed by atoms with Crippen LogP contribution in [0, 0.1) is 0 Å². The van der Waals surface area contributed by atoms with Crippen molar-refractivity contribution in [1.29, 1.82) is 0 Å². The predicted molar refractivity (Wildman–Crippen MR) is 243 cm³/mol. The number of nitrogens with zero attached hydrogens (tertiary/aromatic N) is 4. The van der Waals surface area contributed by atoms with Crippen molar-refractivity contribution in [3.8, 4) is 0 Å². The van der Waals surface area contributed by atoms with E-state index in [0.717, 1.165) is 33.6 Å². The maximum atomic E-state index is 13.9. The minimum atomic E-state index is -0.983. The Labute approximate surface area is 386 Å². The number of piperazine rings is 2. The fourth-order valence-corrected chi connectivity index (χ4v) is 8.26. The van der Waals surface area contributed by atoms with Crippen LogP contribution in [0.5, 0.6) is 0 Å². The normalized spacial score (nSPS) is 15.6. The fourth-order valence-electron chi connectivity index (χ4n) is 8.26. The average Bonchev–Trinajstić information content (AvgIpc) is 3.33. The quantitative estimate of drug-likeness (QED) is 0.160. The van der Waals surface area contributed by atoms with Gasteiger partial charge in [-0.05, 0) is 46.5 Å². The molecule has 2 aliphatic rings. The van der Waals surface area contributed by atoms with Crippen LogP contribution in [-0.4, -0.2) is 108 Å². The van der Waals surface area contributed by atoms with Crippen molar-refractivity contribution < 1.29 is 58.8 Å². The minimum Gasteiger partial charge on any atom is -0.870 e. The summed E-state index contributed by atoms with van der Waals surface area (Å²) in [5.41, 5.74) is 5.55. The summed E-state index contributed by atoms with van der Waals surface area (Å²) in [7, 11) is 1.37. The Morgan fingerprint density at radius 2 is 0.766 bits per heavy atom. The molecule has 0 bridgehead atoms. The number of anilines is 2. The van der Waals surface area contributed by atoms with E-state index in [1.807, 2.05) is 187 Å². The molecule has 0 aliphatic carbocycles. The molecule has 2 aliphatic heterocycles. The van der Waals surface area contributed by atoms with Gasteiger partial charge in [-0.15, -0.1) is 0 Å². The van der Waals surface area contributed by atoms with Gasteiger partial charge in [-0.1, -0.05) is 158 Å². The number of ether oxygens (including phenoxy) is 1.